The van der Waals surface area contributed by atoms with Crippen molar-refractivity contribution in [1.29, 1.82) is 0 Å². The van der Waals surface area contributed by atoms with E-state index in [1.54, 1.807) is 19.1 Å². The summed E-state index contributed by atoms with van der Waals surface area (Å²) in [5.74, 6) is -0.282. The van der Waals surface area contributed by atoms with Gasteiger partial charge in [0.15, 0.2) is 0 Å². The molecule has 2 aromatic rings. The van der Waals surface area contributed by atoms with Crippen LogP contribution in [0.25, 0.3) is 0 Å². The molecule has 2 aromatic carbocycles. The van der Waals surface area contributed by atoms with Gasteiger partial charge >= 0.3 is 0 Å². The largest absolute Gasteiger partial charge is 0.376 e. The van der Waals surface area contributed by atoms with Crippen molar-refractivity contribution in [1.82, 2.24) is 5.43 Å². The van der Waals surface area contributed by atoms with E-state index in [-0.39, 0.29) is 18.1 Å². The molecule has 0 aliphatic rings. The third-order valence-corrected chi connectivity index (χ3v) is 3.07. The van der Waals surface area contributed by atoms with Crippen molar-refractivity contribution in [2.45, 2.75) is 6.92 Å². The maximum absolute atomic E-state index is 11.7. The minimum absolute atomic E-state index is 0.0117. The number of carbonyl (C=O) groups is 1. The molecule has 7 nitrogen and oxygen atoms in total. The smallest absolute Gasteiger partial charge is 0.269 e. The van der Waals surface area contributed by atoms with Crippen molar-refractivity contribution in [3.63, 3.8) is 0 Å². The van der Waals surface area contributed by atoms with Crippen LogP contribution in [-0.2, 0) is 4.79 Å². The van der Waals surface area contributed by atoms with Crippen LogP contribution in [0.3, 0.4) is 0 Å². The van der Waals surface area contributed by atoms with Crippen molar-refractivity contribution >= 4 is 23.0 Å². The second kappa shape index (κ2) is 7.69. The summed E-state index contributed by atoms with van der Waals surface area (Å²) < 4.78 is 0. The molecule has 0 aliphatic carbocycles. The van der Waals surface area contributed by atoms with E-state index in [0.717, 1.165) is 5.69 Å². The standard InChI is InChI=1S/C16H16N4O3/c1-12(13-7-9-15(10-8-13)20(22)23)18-19-16(21)11-17-14-5-3-2-4-6-14/h2-10,17H,11H2,1H3,(H,19,21)/b18-12+. The fourth-order valence-electron chi connectivity index (χ4n) is 1.81. The quantitative estimate of drug-likeness (QED) is 0.486. The summed E-state index contributed by atoms with van der Waals surface area (Å²) in [7, 11) is 0. The van der Waals surface area contributed by atoms with Gasteiger partial charge in [-0.15, -0.1) is 0 Å². The second-order valence-electron chi connectivity index (χ2n) is 4.76. The maximum Gasteiger partial charge on any atom is 0.269 e. The Balaban J connectivity index is 1.88. The van der Waals surface area contributed by atoms with Gasteiger partial charge in [0, 0.05) is 17.8 Å². The Kier molecular flexibility index (Phi) is 5.40. The Hall–Kier alpha value is -3.22. The number of nitrogens with zero attached hydrogens (tertiary/aromatic N) is 2. The summed E-state index contributed by atoms with van der Waals surface area (Å²) in [5.41, 5.74) is 4.56. The number of carbonyl (C=O) groups excluding carboxylic acids is 1. The Labute approximate surface area is 133 Å². The van der Waals surface area contributed by atoms with Crippen LogP contribution >= 0.6 is 0 Å². The molecular formula is C16H16N4O3. The molecule has 0 bridgehead atoms. The van der Waals surface area contributed by atoms with Crippen molar-refractivity contribution in [3.05, 3.63) is 70.3 Å². The van der Waals surface area contributed by atoms with Crippen LogP contribution in [0.2, 0.25) is 0 Å². The van der Waals surface area contributed by atoms with Crippen molar-refractivity contribution < 1.29 is 9.72 Å². The first-order valence-corrected chi connectivity index (χ1v) is 6.93. The van der Waals surface area contributed by atoms with Gasteiger partial charge in [-0.05, 0) is 36.8 Å². The van der Waals surface area contributed by atoms with Crippen LogP contribution in [0.1, 0.15) is 12.5 Å². The van der Waals surface area contributed by atoms with E-state index in [4.69, 9.17) is 0 Å². The maximum atomic E-state index is 11.7. The van der Waals surface area contributed by atoms with Gasteiger partial charge in [-0.1, -0.05) is 18.2 Å². The lowest BCUT2D eigenvalue weighted by molar-refractivity contribution is -0.384. The first-order chi connectivity index (χ1) is 11.1. The molecule has 23 heavy (non-hydrogen) atoms. The van der Waals surface area contributed by atoms with E-state index in [2.05, 4.69) is 15.8 Å². The third-order valence-electron chi connectivity index (χ3n) is 3.07. The number of rotatable bonds is 6. The third kappa shape index (κ3) is 4.92. The summed E-state index contributed by atoms with van der Waals surface area (Å²) in [6, 6.07) is 15.3. The van der Waals surface area contributed by atoms with Gasteiger partial charge in [-0.2, -0.15) is 5.10 Å². The highest BCUT2D eigenvalue weighted by Gasteiger charge is 2.06. The number of anilines is 1. The van der Waals surface area contributed by atoms with Crippen LogP contribution < -0.4 is 10.7 Å². The molecule has 7 heteroatoms. The Morgan fingerprint density at radius 1 is 1.13 bits per heavy atom. The van der Waals surface area contributed by atoms with Gasteiger partial charge in [0.1, 0.15) is 0 Å². The molecule has 2 rings (SSSR count). The molecule has 0 saturated carbocycles. The van der Waals surface area contributed by atoms with Gasteiger partial charge in [0.2, 0.25) is 0 Å². The monoisotopic (exact) mass is 312 g/mol. The topological polar surface area (TPSA) is 96.6 Å². The van der Waals surface area contributed by atoms with Crippen LogP contribution in [-0.4, -0.2) is 23.1 Å². The fourth-order valence-corrected chi connectivity index (χ4v) is 1.81. The molecule has 0 fully saturated rings. The predicted molar refractivity (Wildman–Crippen MR) is 88.4 cm³/mol. The van der Waals surface area contributed by atoms with Crippen LogP contribution in [0, 0.1) is 10.1 Å². The molecule has 0 atom stereocenters. The average Bonchev–Trinajstić information content (AvgIpc) is 2.58. The molecule has 2 N–H and O–H groups in total. The molecule has 1 amide bonds. The van der Waals surface area contributed by atoms with E-state index in [0.29, 0.717) is 11.3 Å². The lowest BCUT2D eigenvalue weighted by Gasteiger charge is -2.05. The Bertz CT molecular complexity index is 712. The Morgan fingerprint density at radius 2 is 1.78 bits per heavy atom. The zero-order valence-corrected chi connectivity index (χ0v) is 12.5. The number of amides is 1. The minimum Gasteiger partial charge on any atom is -0.376 e. The van der Waals surface area contributed by atoms with Crippen molar-refractivity contribution in [2.75, 3.05) is 11.9 Å². The number of nitro groups is 1. The normalized spacial score (nSPS) is 10.9. The van der Waals surface area contributed by atoms with E-state index in [1.807, 2.05) is 30.3 Å². The zero-order valence-electron chi connectivity index (χ0n) is 12.5. The lowest BCUT2D eigenvalue weighted by Crippen LogP contribution is -2.26. The van der Waals surface area contributed by atoms with E-state index in [1.165, 1.54) is 12.1 Å². The zero-order chi connectivity index (χ0) is 16.7. The number of nitro benzene ring substituents is 1. The minimum atomic E-state index is -0.465. The molecule has 0 radical (unpaired) electrons. The average molecular weight is 312 g/mol. The Morgan fingerprint density at radius 3 is 2.39 bits per heavy atom. The molecule has 118 valence electrons. The number of hydrogen-bond acceptors (Lipinski definition) is 5. The number of non-ortho nitro benzene ring substituents is 1. The fraction of sp³-hybridized carbons (Fsp3) is 0.125. The van der Waals surface area contributed by atoms with Gasteiger partial charge in [-0.25, -0.2) is 5.43 Å². The molecule has 0 aromatic heterocycles. The summed E-state index contributed by atoms with van der Waals surface area (Å²) >= 11 is 0. The first-order valence-electron chi connectivity index (χ1n) is 6.93. The molecule has 0 saturated heterocycles. The summed E-state index contributed by atoms with van der Waals surface area (Å²) in [6.45, 7) is 1.81. The highest BCUT2D eigenvalue weighted by molar-refractivity contribution is 5.99. The van der Waals surface area contributed by atoms with E-state index in [9.17, 15) is 14.9 Å². The van der Waals surface area contributed by atoms with Crippen LogP contribution in [0.5, 0.6) is 0 Å². The molecular weight excluding hydrogens is 296 g/mol. The van der Waals surface area contributed by atoms with E-state index >= 15 is 0 Å². The molecule has 0 unspecified atom stereocenters. The SMILES string of the molecule is C/C(=N\NC(=O)CNc1ccccc1)c1ccc([N+](=O)[O-])cc1. The number of para-hydroxylation sites is 1. The summed E-state index contributed by atoms with van der Waals surface area (Å²) in [6.07, 6.45) is 0. The first kappa shape index (κ1) is 16.2. The highest BCUT2D eigenvalue weighted by atomic mass is 16.6. The van der Waals surface area contributed by atoms with Crippen LogP contribution in [0.15, 0.2) is 59.7 Å². The van der Waals surface area contributed by atoms with E-state index < -0.39 is 4.92 Å². The van der Waals surface area contributed by atoms with Gasteiger partial charge in [0.05, 0.1) is 17.2 Å². The number of benzene rings is 2. The number of hydrazone groups is 1. The summed E-state index contributed by atoms with van der Waals surface area (Å²) in [5, 5.41) is 17.6. The lowest BCUT2D eigenvalue weighted by atomic mass is 10.1. The van der Waals surface area contributed by atoms with Gasteiger partial charge < -0.3 is 5.32 Å². The second-order valence-corrected chi connectivity index (χ2v) is 4.76. The molecule has 0 heterocycles. The van der Waals surface area contributed by atoms with Crippen molar-refractivity contribution in [3.8, 4) is 0 Å². The van der Waals surface area contributed by atoms with Crippen molar-refractivity contribution in [2.24, 2.45) is 5.10 Å². The predicted octanol–water partition coefficient (Wildman–Crippen LogP) is 2.55. The molecule has 0 aliphatic heterocycles. The number of hydrogen-bond donors (Lipinski definition) is 2. The number of nitrogens with one attached hydrogen (secondary N) is 2. The summed E-state index contributed by atoms with van der Waals surface area (Å²) in [4.78, 5) is 21.9. The van der Waals surface area contributed by atoms with Crippen LogP contribution in [0.4, 0.5) is 11.4 Å². The molecule has 0 spiro atoms. The highest BCUT2D eigenvalue weighted by Crippen LogP contribution is 2.12. The van der Waals surface area contributed by atoms with Gasteiger partial charge in [0.25, 0.3) is 11.6 Å². The van der Waals surface area contributed by atoms with Gasteiger partial charge in [-0.3, -0.25) is 14.9 Å².